The Hall–Kier alpha value is -3.12. The molecule has 3 rings (SSSR count). The molecule has 0 atom stereocenters. The molecule has 1 heterocycles. The number of nitrogens with zero attached hydrogens (tertiary/aromatic N) is 2. The van der Waals surface area contributed by atoms with E-state index in [4.69, 9.17) is 16.3 Å². The van der Waals surface area contributed by atoms with Crippen LogP contribution >= 0.6 is 11.6 Å². The van der Waals surface area contributed by atoms with Crippen LogP contribution in [0.25, 0.3) is 0 Å². The predicted molar refractivity (Wildman–Crippen MR) is 111 cm³/mol. The number of halogens is 1. The summed E-state index contributed by atoms with van der Waals surface area (Å²) in [5, 5.41) is 6.58. The van der Waals surface area contributed by atoms with E-state index >= 15 is 0 Å². The maximum Gasteiger partial charge on any atom is 0.258 e. The third-order valence-electron chi connectivity index (χ3n) is 4.30. The van der Waals surface area contributed by atoms with E-state index in [2.05, 4.69) is 20.6 Å². The smallest absolute Gasteiger partial charge is 0.258 e. The number of anilines is 2. The number of amides is 1. The number of rotatable bonds is 7. The summed E-state index contributed by atoms with van der Waals surface area (Å²) in [5.41, 5.74) is 2.95. The van der Waals surface area contributed by atoms with Crippen molar-refractivity contribution < 1.29 is 9.53 Å². The van der Waals surface area contributed by atoms with Crippen LogP contribution in [0, 0.1) is 6.92 Å². The minimum absolute atomic E-state index is 0.286. The van der Waals surface area contributed by atoms with Crippen LogP contribution in [0.15, 0.2) is 54.9 Å². The van der Waals surface area contributed by atoms with Gasteiger partial charge in [-0.05, 0) is 42.7 Å². The zero-order chi connectivity index (χ0) is 19.9. The molecule has 0 saturated heterocycles. The number of benzene rings is 2. The Morgan fingerprint density at radius 3 is 2.61 bits per heavy atom. The van der Waals surface area contributed by atoms with E-state index in [1.165, 1.54) is 12.4 Å². The Kier molecular flexibility index (Phi) is 6.45. The van der Waals surface area contributed by atoms with Gasteiger partial charge in [-0.15, -0.1) is 0 Å². The van der Waals surface area contributed by atoms with Gasteiger partial charge >= 0.3 is 0 Å². The fraction of sp³-hybridized carbons (Fsp3) is 0.190. The summed E-state index contributed by atoms with van der Waals surface area (Å²) in [5.74, 6) is 1.03. The molecule has 2 aromatic carbocycles. The Balaban J connectivity index is 1.57. The number of carbonyl (C=O) groups excluding carboxylic acids is 1. The first-order valence-electron chi connectivity index (χ1n) is 8.82. The highest BCUT2D eigenvalue weighted by atomic mass is 35.5. The molecule has 6 nitrogen and oxygen atoms in total. The second-order valence-electron chi connectivity index (χ2n) is 6.15. The fourth-order valence-electron chi connectivity index (χ4n) is 2.69. The highest BCUT2D eigenvalue weighted by molar-refractivity contribution is 6.31. The molecule has 3 aromatic rings. The number of hydrogen-bond acceptors (Lipinski definition) is 5. The quantitative estimate of drug-likeness (QED) is 0.620. The summed E-state index contributed by atoms with van der Waals surface area (Å²) < 4.78 is 5.34. The minimum atomic E-state index is -0.286. The lowest BCUT2D eigenvalue weighted by Gasteiger charge is -2.10. The fourth-order valence-corrected chi connectivity index (χ4v) is 2.87. The summed E-state index contributed by atoms with van der Waals surface area (Å²) in [4.78, 5) is 20.8. The number of para-hydroxylation sites is 1. The monoisotopic (exact) mass is 396 g/mol. The normalized spacial score (nSPS) is 10.4. The Bertz CT molecular complexity index is 961. The van der Waals surface area contributed by atoms with Gasteiger partial charge in [-0.25, -0.2) is 9.97 Å². The van der Waals surface area contributed by atoms with Crippen LogP contribution in [0.5, 0.6) is 5.75 Å². The van der Waals surface area contributed by atoms with E-state index in [1.807, 2.05) is 31.2 Å². The third kappa shape index (κ3) is 4.78. The van der Waals surface area contributed by atoms with Crippen molar-refractivity contribution in [3.05, 3.63) is 76.6 Å². The van der Waals surface area contributed by atoms with Gasteiger partial charge < -0.3 is 15.4 Å². The standard InChI is InChI=1S/C21H21ClN4O2/c1-14-17(22)7-5-8-18(14)26-20(27)16-12-24-21(25-13-16)23-11-10-15-6-3-4-9-19(15)28-2/h3-9,12-13H,10-11H2,1-2H3,(H,26,27)(H,23,24,25). The van der Waals surface area contributed by atoms with Crippen molar-refractivity contribution >= 4 is 29.1 Å². The Labute approximate surface area is 168 Å². The molecule has 0 spiro atoms. The van der Waals surface area contributed by atoms with E-state index in [9.17, 15) is 4.79 Å². The van der Waals surface area contributed by atoms with Crippen LogP contribution in [0.2, 0.25) is 5.02 Å². The van der Waals surface area contributed by atoms with E-state index < -0.39 is 0 Å². The van der Waals surface area contributed by atoms with Crippen LogP contribution in [0.4, 0.5) is 11.6 Å². The van der Waals surface area contributed by atoms with Gasteiger partial charge in [0.05, 0.1) is 12.7 Å². The van der Waals surface area contributed by atoms with Gasteiger partial charge in [-0.3, -0.25) is 4.79 Å². The number of aromatic nitrogens is 2. The van der Waals surface area contributed by atoms with Crippen molar-refractivity contribution in [2.24, 2.45) is 0 Å². The molecule has 7 heteroatoms. The number of carbonyl (C=O) groups is 1. The summed E-state index contributed by atoms with van der Waals surface area (Å²) in [6.45, 7) is 2.50. The van der Waals surface area contributed by atoms with Crippen molar-refractivity contribution in [1.82, 2.24) is 9.97 Å². The van der Waals surface area contributed by atoms with Gasteiger partial charge in [-0.1, -0.05) is 35.9 Å². The van der Waals surface area contributed by atoms with Gasteiger partial charge in [0.15, 0.2) is 0 Å². The summed E-state index contributed by atoms with van der Waals surface area (Å²) in [6.07, 6.45) is 3.75. The minimum Gasteiger partial charge on any atom is -0.496 e. The molecular weight excluding hydrogens is 376 g/mol. The average Bonchev–Trinajstić information content (AvgIpc) is 2.72. The SMILES string of the molecule is COc1ccccc1CCNc1ncc(C(=O)Nc2cccc(Cl)c2C)cn1. The lowest BCUT2D eigenvalue weighted by molar-refractivity contribution is 0.102. The molecule has 0 saturated carbocycles. The first-order valence-corrected chi connectivity index (χ1v) is 9.20. The van der Waals surface area contributed by atoms with E-state index in [-0.39, 0.29) is 5.91 Å². The van der Waals surface area contributed by atoms with Crippen molar-refractivity contribution in [3.8, 4) is 5.75 Å². The maximum absolute atomic E-state index is 12.4. The maximum atomic E-state index is 12.4. The number of nitrogens with one attached hydrogen (secondary N) is 2. The third-order valence-corrected chi connectivity index (χ3v) is 4.71. The van der Waals surface area contributed by atoms with Gasteiger partial charge in [-0.2, -0.15) is 0 Å². The average molecular weight is 397 g/mol. The molecule has 144 valence electrons. The second-order valence-corrected chi connectivity index (χ2v) is 6.56. The molecule has 28 heavy (non-hydrogen) atoms. The number of ether oxygens (including phenoxy) is 1. The van der Waals surface area contributed by atoms with Crippen LogP contribution in [-0.4, -0.2) is 29.5 Å². The van der Waals surface area contributed by atoms with Gasteiger partial charge in [0.1, 0.15) is 5.75 Å². The van der Waals surface area contributed by atoms with Crippen LogP contribution in [0.3, 0.4) is 0 Å². The van der Waals surface area contributed by atoms with E-state index in [1.54, 1.807) is 25.3 Å². The van der Waals surface area contributed by atoms with Crippen molar-refractivity contribution in [2.75, 3.05) is 24.3 Å². The van der Waals surface area contributed by atoms with Crippen LogP contribution in [0.1, 0.15) is 21.5 Å². The molecule has 0 bridgehead atoms. The zero-order valence-electron chi connectivity index (χ0n) is 15.7. The number of hydrogen-bond donors (Lipinski definition) is 2. The van der Waals surface area contributed by atoms with E-state index in [0.717, 1.165) is 23.3 Å². The van der Waals surface area contributed by atoms with Gasteiger partial charge in [0.25, 0.3) is 5.91 Å². The van der Waals surface area contributed by atoms with Crippen molar-refractivity contribution in [2.45, 2.75) is 13.3 Å². The Morgan fingerprint density at radius 2 is 1.86 bits per heavy atom. The largest absolute Gasteiger partial charge is 0.496 e. The van der Waals surface area contributed by atoms with Crippen LogP contribution in [-0.2, 0) is 6.42 Å². The molecule has 0 radical (unpaired) electrons. The highest BCUT2D eigenvalue weighted by Gasteiger charge is 2.10. The van der Waals surface area contributed by atoms with Gasteiger partial charge in [0, 0.05) is 29.6 Å². The molecule has 0 aliphatic rings. The predicted octanol–water partition coefficient (Wildman–Crippen LogP) is 4.35. The lowest BCUT2D eigenvalue weighted by atomic mass is 10.1. The molecule has 2 N–H and O–H groups in total. The summed E-state index contributed by atoms with van der Waals surface area (Å²) in [7, 11) is 1.66. The highest BCUT2D eigenvalue weighted by Crippen LogP contribution is 2.23. The molecule has 0 unspecified atom stereocenters. The molecule has 1 amide bonds. The first kappa shape index (κ1) is 19.6. The zero-order valence-corrected chi connectivity index (χ0v) is 16.5. The van der Waals surface area contributed by atoms with E-state index in [0.29, 0.717) is 28.8 Å². The molecule has 0 aliphatic heterocycles. The number of methoxy groups -OCH3 is 1. The second kappa shape index (κ2) is 9.19. The Morgan fingerprint density at radius 1 is 1.11 bits per heavy atom. The van der Waals surface area contributed by atoms with Crippen molar-refractivity contribution in [3.63, 3.8) is 0 Å². The molecular formula is C21H21ClN4O2. The summed E-state index contributed by atoms with van der Waals surface area (Å²) >= 11 is 6.08. The lowest BCUT2D eigenvalue weighted by Crippen LogP contribution is -2.15. The van der Waals surface area contributed by atoms with Crippen LogP contribution < -0.4 is 15.4 Å². The molecule has 0 fully saturated rings. The molecule has 1 aromatic heterocycles. The van der Waals surface area contributed by atoms with Crippen molar-refractivity contribution in [1.29, 1.82) is 0 Å². The van der Waals surface area contributed by atoms with Gasteiger partial charge in [0.2, 0.25) is 5.95 Å². The molecule has 0 aliphatic carbocycles. The topological polar surface area (TPSA) is 76.1 Å². The summed E-state index contributed by atoms with van der Waals surface area (Å²) in [6, 6.07) is 13.2. The first-order chi connectivity index (χ1) is 13.6.